The average molecular weight is 639 g/mol. The second kappa shape index (κ2) is 12.6. The van der Waals surface area contributed by atoms with E-state index in [0.717, 1.165) is 52.7 Å². The Morgan fingerprint density at radius 3 is 2.05 bits per heavy atom. The summed E-state index contributed by atoms with van der Waals surface area (Å²) in [5.74, 6) is -0.221. The molecule has 7 nitrogen and oxygen atoms in total. The van der Waals surface area contributed by atoms with Crippen LogP contribution in [-0.4, -0.2) is 89.6 Å². The summed E-state index contributed by atoms with van der Waals surface area (Å²) < 4.78 is 15.3. The van der Waals surface area contributed by atoms with Gasteiger partial charge >= 0.3 is 5.97 Å². The largest absolute Gasteiger partial charge is 0.460 e. The van der Waals surface area contributed by atoms with Crippen LogP contribution in [0.4, 0.5) is 0 Å². The zero-order valence-corrected chi connectivity index (χ0v) is 25.1. The third-order valence-electron chi connectivity index (χ3n) is 6.54. The fraction of sp³-hybridized carbons (Fsp3) is 0.536. The van der Waals surface area contributed by atoms with E-state index < -0.39 is 11.7 Å². The van der Waals surface area contributed by atoms with Gasteiger partial charge in [0.15, 0.2) is 0 Å². The Morgan fingerprint density at radius 2 is 1.49 bits per heavy atom. The molecule has 0 amide bonds. The first-order valence-corrected chi connectivity index (χ1v) is 14.5. The van der Waals surface area contributed by atoms with E-state index in [4.69, 9.17) is 9.47 Å². The van der Waals surface area contributed by atoms with Crippen LogP contribution in [0.3, 0.4) is 0 Å². The Kier molecular flexibility index (Phi) is 9.69. The highest BCUT2D eigenvalue weighted by molar-refractivity contribution is 9.10. The summed E-state index contributed by atoms with van der Waals surface area (Å²) in [7, 11) is 0. The lowest BCUT2D eigenvalue weighted by Crippen LogP contribution is -2.49. The maximum absolute atomic E-state index is 11.8. The first-order valence-electron chi connectivity index (χ1n) is 12.9. The molecule has 2 heterocycles. The number of aliphatic hydroxyl groups is 1. The minimum atomic E-state index is -0.464. The molecule has 3 aromatic rings. The third-order valence-corrected chi connectivity index (χ3v) is 7.53. The van der Waals surface area contributed by atoms with Crippen LogP contribution in [0.2, 0.25) is 0 Å². The highest BCUT2D eigenvalue weighted by Gasteiger charge is 2.21. The number of ether oxygens (including phenoxy) is 2. The second-order valence-electron chi connectivity index (χ2n) is 10.7. The van der Waals surface area contributed by atoms with Gasteiger partial charge in [0.05, 0.1) is 32.3 Å². The number of hydrogen-bond donors (Lipinski definition) is 1. The van der Waals surface area contributed by atoms with Gasteiger partial charge in [0.25, 0.3) is 0 Å². The number of piperazine rings is 1. The number of hydrogen-bond acceptors (Lipinski definition) is 6. The summed E-state index contributed by atoms with van der Waals surface area (Å²) in [6.45, 7) is 12.4. The van der Waals surface area contributed by atoms with E-state index in [1.165, 1.54) is 10.8 Å². The van der Waals surface area contributed by atoms with Crippen molar-refractivity contribution < 1.29 is 19.4 Å². The zero-order chi connectivity index (χ0) is 26.6. The molecule has 0 aliphatic carbocycles. The molecule has 1 aromatic heterocycles. The number of carbonyl (C=O) groups excluding carboxylic acids is 1. The van der Waals surface area contributed by atoms with Crippen LogP contribution in [0.1, 0.15) is 27.2 Å². The fourth-order valence-electron chi connectivity index (χ4n) is 4.85. The SMILES string of the molecule is CC(C)(C)OC(=O)CCOCCN1CCN(C[C@@H](O)Cn2c3ccc(Br)cc3c3cc(Br)ccc32)CC1. The highest BCUT2D eigenvalue weighted by atomic mass is 79.9. The van der Waals surface area contributed by atoms with Gasteiger partial charge in [-0.2, -0.15) is 0 Å². The van der Waals surface area contributed by atoms with E-state index in [1.807, 2.05) is 20.8 Å². The molecule has 0 unspecified atom stereocenters. The van der Waals surface area contributed by atoms with Crippen molar-refractivity contribution in [1.82, 2.24) is 14.4 Å². The van der Waals surface area contributed by atoms with Crippen LogP contribution in [-0.2, 0) is 20.8 Å². The fourth-order valence-corrected chi connectivity index (χ4v) is 5.57. The maximum atomic E-state index is 11.8. The molecule has 1 aliphatic rings. The van der Waals surface area contributed by atoms with Crippen LogP contribution < -0.4 is 0 Å². The average Bonchev–Trinajstić information content (AvgIpc) is 3.10. The molecular formula is C28H37Br2N3O4. The zero-order valence-electron chi connectivity index (χ0n) is 21.9. The number of aliphatic hydroxyl groups excluding tert-OH is 1. The molecule has 1 fully saturated rings. The Bertz CT molecular complexity index is 1160. The van der Waals surface area contributed by atoms with Gasteiger partial charge in [0.2, 0.25) is 0 Å². The van der Waals surface area contributed by atoms with Crippen LogP contribution in [0, 0.1) is 0 Å². The van der Waals surface area contributed by atoms with Gasteiger partial charge in [-0.25, -0.2) is 0 Å². The normalized spacial score (nSPS) is 16.5. The van der Waals surface area contributed by atoms with Crippen LogP contribution >= 0.6 is 31.9 Å². The van der Waals surface area contributed by atoms with Gasteiger partial charge < -0.3 is 19.1 Å². The molecule has 37 heavy (non-hydrogen) atoms. The van der Waals surface area contributed by atoms with Crippen LogP contribution in [0.15, 0.2) is 45.3 Å². The van der Waals surface area contributed by atoms with E-state index >= 15 is 0 Å². The van der Waals surface area contributed by atoms with Gasteiger partial charge in [0.1, 0.15) is 5.60 Å². The van der Waals surface area contributed by atoms with Gasteiger partial charge in [-0.3, -0.25) is 14.6 Å². The number of carbonyl (C=O) groups is 1. The molecule has 1 N–H and O–H groups in total. The quantitative estimate of drug-likeness (QED) is 0.248. The van der Waals surface area contributed by atoms with Crippen molar-refractivity contribution in [2.75, 3.05) is 52.5 Å². The van der Waals surface area contributed by atoms with E-state index in [0.29, 0.717) is 26.3 Å². The molecule has 0 saturated carbocycles. The summed E-state index contributed by atoms with van der Waals surface area (Å²) in [6, 6.07) is 12.6. The number of halogens is 2. The van der Waals surface area contributed by atoms with Gasteiger partial charge in [-0.15, -0.1) is 0 Å². The molecular weight excluding hydrogens is 602 g/mol. The number of rotatable bonds is 10. The molecule has 0 spiro atoms. The minimum absolute atomic E-state index is 0.221. The van der Waals surface area contributed by atoms with Gasteiger partial charge in [-0.05, 0) is 57.2 Å². The number of nitrogens with zero attached hydrogens (tertiary/aromatic N) is 3. The standard InChI is InChI=1S/C28H37Br2N3O4/c1-28(2,3)37-27(35)8-14-36-15-13-31-9-11-32(12-10-31)18-22(34)19-33-25-6-4-20(29)16-23(25)24-17-21(30)5-7-26(24)33/h4-7,16-17,22,34H,8-15,18-19H2,1-3H3/t22-/m1/s1. The minimum Gasteiger partial charge on any atom is -0.460 e. The number of aromatic nitrogens is 1. The Balaban J connectivity index is 1.22. The third kappa shape index (κ3) is 8.00. The van der Waals surface area contributed by atoms with Crippen molar-refractivity contribution in [3.05, 3.63) is 45.3 Å². The molecule has 0 bridgehead atoms. The first kappa shape index (κ1) is 28.5. The number of benzene rings is 2. The lowest BCUT2D eigenvalue weighted by Gasteiger charge is -2.35. The predicted octanol–water partition coefficient (Wildman–Crippen LogP) is 5.05. The summed E-state index contributed by atoms with van der Waals surface area (Å²) in [5, 5.41) is 13.4. The lowest BCUT2D eigenvalue weighted by atomic mass is 10.2. The van der Waals surface area contributed by atoms with Gasteiger partial charge in [0, 0.05) is 70.0 Å². The van der Waals surface area contributed by atoms with E-state index in [2.05, 4.69) is 82.6 Å². The smallest absolute Gasteiger partial charge is 0.308 e. The first-order chi connectivity index (χ1) is 17.6. The van der Waals surface area contributed by atoms with Gasteiger partial charge in [-0.1, -0.05) is 31.9 Å². The second-order valence-corrected chi connectivity index (χ2v) is 12.5. The van der Waals surface area contributed by atoms with Crippen molar-refractivity contribution in [1.29, 1.82) is 0 Å². The van der Waals surface area contributed by atoms with Crippen LogP contribution in [0.25, 0.3) is 21.8 Å². The number of esters is 1. The highest BCUT2D eigenvalue weighted by Crippen LogP contribution is 2.33. The molecule has 202 valence electrons. The molecule has 9 heteroatoms. The summed E-state index contributed by atoms with van der Waals surface area (Å²) in [4.78, 5) is 16.5. The van der Waals surface area contributed by atoms with Crippen molar-refractivity contribution in [2.45, 2.75) is 45.4 Å². The van der Waals surface area contributed by atoms with E-state index in [9.17, 15) is 9.90 Å². The Labute approximate surface area is 235 Å². The predicted molar refractivity (Wildman–Crippen MR) is 155 cm³/mol. The van der Waals surface area contributed by atoms with Crippen molar-refractivity contribution >= 4 is 59.6 Å². The molecule has 4 rings (SSSR count). The topological polar surface area (TPSA) is 67.2 Å². The van der Waals surface area contributed by atoms with Crippen molar-refractivity contribution in [3.63, 3.8) is 0 Å². The number of β-amino-alcohol motifs (C(OH)–C–C–N with tert-alkyl or cyclic N) is 1. The van der Waals surface area contributed by atoms with E-state index in [1.54, 1.807) is 0 Å². The van der Waals surface area contributed by atoms with E-state index in [-0.39, 0.29) is 12.4 Å². The summed E-state index contributed by atoms with van der Waals surface area (Å²) in [6.07, 6.45) is -0.183. The Morgan fingerprint density at radius 1 is 0.919 bits per heavy atom. The Hall–Kier alpha value is -1.49. The maximum Gasteiger partial charge on any atom is 0.308 e. The molecule has 2 aromatic carbocycles. The lowest BCUT2D eigenvalue weighted by molar-refractivity contribution is -0.156. The van der Waals surface area contributed by atoms with Crippen LogP contribution in [0.5, 0.6) is 0 Å². The molecule has 1 atom stereocenters. The molecule has 0 radical (unpaired) electrons. The monoisotopic (exact) mass is 637 g/mol. The van der Waals surface area contributed by atoms with Crippen molar-refractivity contribution in [2.24, 2.45) is 0 Å². The number of fused-ring (bicyclic) bond motifs is 3. The summed E-state index contributed by atoms with van der Waals surface area (Å²) >= 11 is 7.20. The van der Waals surface area contributed by atoms with Crippen molar-refractivity contribution in [3.8, 4) is 0 Å². The molecule has 1 aliphatic heterocycles. The molecule has 1 saturated heterocycles. The summed E-state index contributed by atoms with van der Waals surface area (Å²) in [5.41, 5.74) is 1.81.